The summed E-state index contributed by atoms with van der Waals surface area (Å²) in [6, 6.07) is 24.1. The summed E-state index contributed by atoms with van der Waals surface area (Å²) in [5.74, 6) is -0.319. The highest BCUT2D eigenvalue weighted by Crippen LogP contribution is 2.37. The number of benzene rings is 3. The van der Waals surface area contributed by atoms with E-state index >= 15 is 0 Å². The molecule has 0 unspecified atom stereocenters. The second kappa shape index (κ2) is 10.4. The first kappa shape index (κ1) is 24.7. The lowest BCUT2D eigenvalue weighted by Gasteiger charge is -2.22. The van der Waals surface area contributed by atoms with Crippen LogP contribution in [0, 0.1) is 0 Å². The molecule has 0 aliphatic rings. The van der Waals surface area contributed by atoms with Crippen molar-refractivity contribution in [3.8, 4) is 28.0 Å². The van der Waals surface area contributed by atoms with Gasteiger partial charge < -0.3 is 14.8 Å². The quantitative estimate of drug-likeness (QED) is 0.313. The monoisotopic (exact) mass is 480 g/mol. The predicted octanol–water partition coefficient (Wildman–Crippen LogP) is 6.63. The van der Waals surface area contributed by atoms with Crippen molar-refractivity contribution in [2.45, 2.75) is 26.4 Å². The van der Waals surface area contributed by atoms with Gasteiger partial charge in [0.1, 0.15) is 11.4 Å². The van der Waals surface area contributed by atoms with Crippen LogP contribution >= 0.6 is 0 Å². The second-order valence-corrected chi connectivity index (χ2v) is 9.21. The van der Waals surface area contributed by atoms with Crippen LogP contribution in [0.4, 0.5) is 5.69 Å². The Kier molecular flexibility index (Phi) is 7.15. The Labute approximate surface area is 210 Å². The van der Waals surface area contributed by atoms with Gasteiger partial charge in [0.2, 0.25) is 0 Å². The van der Waals surface area contributed by atoms with Crippen LogP contribution in [0.3, 0.4) is 0 Å². The van der Waals surface area contributed by atoms with Gasteiger partial charge in [-0.1, -0.05) is 60.7 Å². The summed E-state index contributed by atoms with van der Waals surface area (Å²) in [5, 5.41) is 2.96. The van der Waals surface area contributed by atoms with Crippen LogP contribution in [-0.4, -0.2) is 29.6 Å². The van der Waals surface area contributed by atoms with Crippen LogP contribution in [0.25, 0.3) is 22.3 Å². The molecule has 0 saturated carbocycles. The minimum absolute atomic E-state index is 0.244. The molecule has 0 aliphatic heterocycles. The van der Waals surface area contributed by atoms with Crippen molar-refractivity contribution in [2.24, 2.45) is 0 Å². The first-order chi connectivity index (χ1) is 17.3. The van der Waals surface area contributed by atoms with Gasteiger partial charge in [-0.25, -0.2) is 4.79 Å². The number of anilines is 1. The van der Waals surface area contributed by atoms with Gasteiger partial charge >= 0.3 is 5.97 Å². The van der Waals surface area contributed by atoms with Gasteiger partial charge in [-0.15, -0.1) is 0 Å². The molecule has 0 fully saturated rings. The number of carbonyl (C=O) groups is 2. The van der Waals surface area contributed by atoms with Gasteiger partial charge in [-0.05, 0) is 44.5 Å². The second-order valence-electron chi connectivity index (χ2n) is 9.21. The number of esters is 1. The smallest absolute Gasteiger partial charge is 0.340 e. The number of pyridine rings is 1. The van der Waals surface area contributed by atoms with Gasteiger partial charge in [0, 0.05) is 29.1 Å². The van der Waals surface area contributed by atoms with Crippen LogP contribution in [0.15, 0.2) is 91.3 Å². The topological polar surface area (TPSA) is 77.5 Å². The molecule has 182 valence electrons. The Morgan fingerprint density at radius 3 is 2.22 bits per heavy atom. The van der Waals surface area contributed by atoms with Crippen molar-refractivity contribution in [3.05, 3.63) is 102 Å². The van der Waals surface area contributed by atoms with E-state index in [9.17, 15) is 9.59 Å². The standard InChI is InChI=1S/C30H28N2O4/c1-30(2,3)36-29(34)25-15-10-14-24(23-13-8-9-16-26(23)35-4)27(25)32-28(33)22-17-21(18-31-19-22)20-11-6-5-7-12-20/h5-19H,1-4H3,(H,32,33). The molecule has 1 N–H and O–H groups in total. The molecule has 1 heterocycles. The van der Waals surface area contributed by atoms with Crippen molar-refractivity contribution in [3.63, 3.8) is 0 Å². The van der Waals surface area contributed by atoms with Crippen LogP contribution in [0.2, 0.25) is 0 Å². The number of hydrogen-bond acceptors (Lipinski definition) is 5. The maximum Gasteiger partial charge on any atom is 0.340 e. The fourth-order valence-electron chi connectivity index (χ4n) is 3.82. The number of nitrogens with zero attached hydrogens (tertiary/aromatic N) is 1. The van der Waals surface area contributed by atoms with E-state index in [0.717, 1.165) is 16.7 Å². The molecule has 0 atom stereocenters. The minimum atomic E-state index is -0.702. The molecule has 0 bridgehead atoms. The van der Waals surface area contributed by atoms with Crippen LogP contribution in [0.1, 0.15) is 41.5 Å². The van der Waals surface area contributed by atoms with E-state index in [0.29, 0.717) is 22.6 Å². The number of hydrogen-bond donors (Lipinski definition) is 1. The molecule has 6 nitrogen and oxygen atoms in total. The van der Waals surface area contributed by atoms with E-state index in [4.69, 9.17) is 9.47 Å². The molecule has 4 aromatic rings. The summed E-state index contributed by atoms with van der Waals surface area (Å²) in [5.41, 5.74) is 3.37. The van der Waals surface area contributed by atoms with Gasteiger partial charge in [0.25, 0.3) is 5.91 Å². The predicted molar refractivity (Wildman–Crippen MR) is 141 cm³/mol. The van der Waals surface area contributed by atoms with Gasteiger partial charge in [-0.2, -0.15) is 0 Å². The van der Waals surface area contributed by atoms with Crippen molar-refractivity contribution >= 4 is 17.6 Å². The molecule has 36 heavy (non-hydrogen) atoms. The number of aromatic nitrogens is 1. The number of ether oxygens (including phenoxy) is 2. The van der Waals surface area contributed by atoms with E-state index in [-0.39, 0.29) is 5.56 Å². The van der Waals surface area contributed by atoms with E-state index in [1.165, 1.54) is 6.20 Å². The highest BCUT2D eigenvalue weighted by Gasteiger charge is 2.24. The molecular formula is C30H28N2O4. The van der Waals surface area contributed by atoms with Crippen molar-refractivity contribution in [1.82, 2.24) is 4.98 Å². The Bertz CT molecular complexity index is 1390. The lowest BCUT2D eigenvalue weighted by molar-refractivity contribution is 0.00708. The summed E-state index contributed by atoms with van der Waals surface area (Å²) < 4.78 is 11.2. The van der Waals surface area contributed by atoms with Gasteiger partial charge in [0.15, 0.2) is 0 Å². The molecule has 4 rings (SSSR count). The van der Waals surface area contributed by atoms with Crippen LogP contribution < -0.4 is 10.1 Å². The first-order valence-electron chi connectivity index (χ1n) is 11.6. The number of methoxy groups -OCH3 is 1. The summed E-state index contributed by atoms with van der Waals surface area (Å²) in [7, 11) is 1.58. The van der Waals surface area contributed by atoms with Crippen LogP contribution in [-0.2, 0) is 4.74 Å². The molecule has 6 heteroatoms. The SMILES string of the molecule is COc1ccccc1-c1cccc(C(=O)OC(C)(C)C)c1NC(=O)c1cncc(-c2ccccc2)c1. The molecule has 0 spiro atoms. The fourth-order valence-corrected chi connectivity index (χ4v) is 3.82. The summed E-state index contributed by atoms with van der Waals surface area (Å²) in [4.78, 5) is 30.9. The molecular weight excluding hydrogens is 452 g/mol. The summed E-state index contributed by atoms with van der Waals surface area (Å²) in [6.07, 6.45) is 3.21. The number of rotatable bonds is 6. The lowest BCUT2D eigenvalue weighted by Crippen LogP contribution is -2.25. The largest absolute Gasteiger partial charge is 0.496 e. The molecule has 0 radical (unpaired) electrons. The highest BCUT2D eigenvalue weighted by molar-refractivity contribution is 6.11. The van der Waals surface area contributed by atoms with Gasteiger partial charge in [-0.3, -0.25) is 9.78 Å². The van der Waals surface area contributed by atoms with Crippen molar-refractivity contribution < 1.29 is 19.1 Å². The number of amides is 1. The molecule has 0 saturated heterocycles. The zero-order valence-electron chi connectivity index (χ0n) is 20.7. The Balaban J connectivity index is 1.79. The highest BCUT2D eigenvalue weighted by atomic mass is 16.6. The van der Waals surface area contributed by atoms with Crippen LogP contribution in [0.5, 0.6) is 5.75 Å². The first-order valence-corrected chi connectivity index (χ1v) is 11.6. The third-order valence-corrected chi connectivity index (χ3v) is 5.43. The van der Waals surface area contributed by atoms with E-state index < -0.39 is 17.5 Å². The summed E-state index contributed by atoms with van der Waals surface area (Å²) >= 11 is 0. The normalized spacial score (nSPS) is 11.0. The van der Waals surface area contributed by atoms with E-state index in [1.54, 1.807) is 52.3 Å². The summed E-state index contributed by atoms with van der Waals surface area (Å²) in [6.45, 7) is 5.40. The molecule has 1 aromatic heterocycles. The molecule has 0 aliphatic carbocycles. The average Bonchev–Trinajstić information content (AvgIpc) is 2.88. The van der Waals surface area contributed by atoms with E-state index in [2.05, 4.69) is 10.3 Å². The lowest BCUT2D eigenvalue weighted by atomic mass is 9.98. The molecule has 3 aromatic carbocycles. The number of para-hydroxylation sites is 2. The van der Waals surface area contributed by atoms with Gasteiger partial charge in [0.05, 0.1) is 23.9 Å². The van der Waals surface area contributed by atoms with E-state index in [1.807, 2.05) is 60.7 Å². The third-order valence-electron chi connectivity index (χ3n) is 5.43. The Hall–Kier alpha value is -4.45. The number of carbonyl (C=O) groups excluding carboxylic acids is 2. The Morgan fingerprint density at radius 2 is 1.50 bits per heavy atom. The fraction of sp³-hybridized carbons (Fsp3) is 0.167. The van der Waals surface area contributed by atoms with Crippen molar-refractivity contribution in [2.75, 3.05) is 12.4 Å². The minimum Gasteiger partial charge on any atom is -0.496 e. The van der Waals surface area contributed by atoms with Crippen molar-refractivity contribution in [1.29, 1.82) is 0 Å². The number of nitrogens with one attached hydrogen (secondary N) is 1. The average molecular weight is 481 g/mol. The Morgan fingerprint density at radius 1 is 0.806 bits per heavy atom. The third kappa shape index (κ3) is 5.61. The molecule has 1 amide bonds. The zero-order chi connectivity index (χ0) is 25.7. The zero-order valence-corrected chi connectivity index (χ0v) is 20.7. The maximum atomic E-state index is 13.5. The maximum absolute atomic E-state index is 13.5.